The Bertz CT molecular complexity index is 623. The summed E-state index contributed by atoms with van der Waals surface area (Å²) in [5.41, 5.74) is 5.36. The molecule has 118 valence electrons. The van der Waals surface area contributed by atoms with Crippen LogP contribution in [-0.2, 0) is 17.1 Å². The Labute approximate surface area is 124 Å². The normalized spacial score (nSPS) is 21.1. The predicted octanol–water partition coefficient (Wildman–Crippen LogP) is 0.0496. The number of hydrogen-bond donors (Lipinski definition) is 2. The van der Waals surface area contributed by atoms with E-state index in [-0.39, 0.29) is 17.2 Å². The van der Waals surface area contributed by atoms with Crippen molar-refractivity contribution in [2.45, 2.75) is 36.6 Å². The summed E-state index contributed by atoms with van der Waals surface area (Å²) in [4.78, 5) is 11.3. The van der Waals surface area contributed by atoms with Gasteiger partial charge in [0.2, 0.25) is 10.0 Å². The highest BCUT2D eigenvalue weighted by molar-refractivity contribution is 7.89. The predicted molar refractivity (Wildman–Crippen MR) is 77.2 cm³/mol. The molecule has 2 heterocycles. The number of amides is 1. The Hall–Kier alpha value is -1.38. The molecule has 0 spiro atoms. The van der Waals surface area contributed by atoms with Crippen molar-refractivity contribution in [2.75, 3.05) is 13.2 Å². The van der Waals surface area contributed by atoms with Gasteiger partial charge in [0, 0.05) is 25.8 Å². The van der Waals surface area contributed by atoms with Crippen LogP contribution in [0.4, 0.5) is 0 Å². The number of carbonyl (C=O) groups excluding carboxylic acids is 1. The number of hydrogen-bond acceptors (Lipinski definition) is 4. The first-order chi connectivity index (χ1) is 9.87. The summed E-state index contributed by atoms with van der Waals surface area (Å²) in [6, 6.07) is 0.881. The first-order valence-corrected chi connectivity index (χ1v) is 8.41. The van der Waals surface area contributed by atoms with Crippen LogP contribution in [0.1, 0.15) is 36.2 Å². The van der Waals surface area contributed by atoms with Crippen LogP contribution in [0.3, 0.4) is 0 Å². The van der Waals surface area contributed by atoms with Crippen molar-refractivity contribution >= 4 is 15.9 Å². The molecule has 7 nitrogen and oxygen atoms in total. The van der Waals surface area contributed by atoms with Crippen LogP contribution in [0.25, 0.3) is 0 Å². The van der Waals surface area contributed by atoms with E-state index in [0.29, 0.717) is 13.0 Å². The fraction of sp³-hybridized carbons (Fsp3) is 0.615. The smallest absolute Gasteiger partial charge is 0.265 e. The molecule has 0 aliphatic carbocycles. The van der Waals surface area contributed by atoms with Crippen molar-refractivity contribution in [3.05, 3.63) is 18.0 Å². The zero-order valence-electron chi connectivity index (χ0n) is 12.0. The Kier molecular flexibility index (Phi) is 4.70. The van der Waals surface area contributed by atoms with Crippen molar-refractivity contribution in [1.29, 1.82) is 0 Å². The molecule has 1 aliphatic rings. The van der Waals surface area contributed by atoms with Gasteiger partial charge in [-0.05, 0) is 18.9 Å². The van der Waals surface area contributed by atoms with Crippen molar-refractivity contribution < 1.29 is 18.3 Å². The summed E-state index contributed by atoms with van der Waals surface area (Å²) in [6.07, 6.45) is 4.65. The first-order valence-electron chi connectivity index (χ1n) is 6.97. The van der Waals surface area contributed by atoms with Crippen molar-refractivity contribution in [2.24, 2.45) is 12.8 Å². The lowest BCUT2D eigenvalue weighted by atomic mass is 10.1. The molecule has 3 N–H and O–H groups in total. The second-order valence-corrected chi connectivity index (χ2v) is 7.23. The summed E-state index contributed by atoms with van der Waals surface area (Å²) in [7, 11) is -2.16. The highest BCUT2D eigenvalue weighted by Crippen LogP contribution is 2.25. The molecular weight excluding hydrogens is 294 g/mol. The van der Waals surface area contributed by atoms with Gasteiger partial charge in [0.15, 0.2) is 0 Å². The standard InChI is InChI=1S/C13H21N3O4S/c1-15-8-11(7-12(15)13(14)18)21(19,20)16-6-4-2-3-5-10(16)9-17/h7-8,10,17H,2-6,9H2,1H3,(H2,14,18). The van der Waals surface area contributed by atoms with E-state index >= 15 is 0 Å². The largest absolute Gasteiger partial charge is 0.395 e. The average molecular weight is 315 g/mol. The molecule has 21 heavy (non-hydrogen) atoms. The molecule has 0 radical (unpaired) electrons. The fourth-order valence-electron chi connectivity index (χ4n) is 2.71. The van der Waals surface area contributed by atoms with Crippen molar-refractivity contribution in [3.63, 3.8) is 0 Å². The molecule has 1 atom stereocenters. The van der Waals surface area contributed by atoms with Crippen LogP contribution in [0.5, 0.6) is 0 Å². The van der Waals surface area contributed by atoms with Gasteiger partial charge in [-0.3, -0.25) is 4.79 Å². The highest BCUT2D eigenvalue weighted by Gasteiger charge is 2.33. The Morgan fingerprint density at radius 1 is 1.43 bits per heavy atom. The van der Waals surface area contributed by atoms with Crippen LogP contribution >= 0.6 is 0 Å². The molecule has 0 saturated carbocycles. The van der Waals surface area contributed by atoms with E-state index in [2.05, 4.69) is 0 Å². The summed E-state index contributed by atoms with van der Waals surface area (Å²) in [6.45, 7) is 0.184. The second-order valence-electron chi connectivity index (χ2n) is 5.34. The molecule has 1 amide bonds. The molecule has 0 aromatic carbocycles. The maximum Gasteiger partial charge on any atom is 0.265 e. The van der Waals surface area contributed by atoms with Gasteiger partial charge in [-0.25, -0.2) is 8.42 Å². The van der Waals surface area contributed by atoms with Crippen molar-refractivity contribution in [1.82, 2.24) is 8.87 Å². The van der Waals surface area contributed by atoms with E-state index < -0.39 is 22.0 Å². The fourth-order valence-corrected chi connectivity index (χ4v) is 4.46. The SMILES string of the molecule is Cn1cc(S(=O)(=O)N2CCCCCC2CO)cc1C(N)=O. The van der Waals surface area contributed by atoms with Gasteiger partial charge in [0.05, 0.1) is 6.61 Å². The monoisotopic (exact) mass is 315 g/mol. The number of nitrogens with zero attached hydrogens (tertiary/aromatic N) is 2. The number of sulfonamides is 1. The van der Waals surface area contributed by atoms with E-state index in [1.165, 1.54) is 21.1 Å². The number of rotatable bonds is 4. The lowest BCUT2D eigenvalue weighted by molar-refractivity contribution is 0.0992. The van der Waals surface area contributed by atoms with Crippen LogP contribution in [0.15, 0.2) is 17.2 Å². The third-order valence-electron chi connectivity index (χ3n) is 3.87. The van der Waals surface area contributed by atoms with E-state index in [1.807, 2.05) is 0 Å². The van der Waals surface area contributed by atoms with Gasteiger partial charge in [-0.2, -0.15) is 4.31 Å². The lowest BCUT2D eigenvalue weighted by Crippen LogP contribution is -2.41. The minimum absolute atomic E-state index is 0.0409. The molecule has 1 fully saturated rings. The molecule has 0 bridgehead atoms. The minimum Gasteiger partial charge on any atom is -0.395 e. The number of aryl methyl sites for hydroxylation is 1. The quantitative estimate of drug-likeness (QED) is 0.819. The molecule has 1 saturated heterocycles. The third kappa shape index (κ3) is 3.12. The highest BCUT2D eigenvalue weighted by atomic mass is 32.2. The molecule has 8 heteroatoms. The van der Waals surface area contributed by atoms with Gasteiger partial charge >= 0.3 is 0 Å². The van der Waals surface area contributed by atoms with E-state index in [0.717, 1.165) is 19.3 Å². The molecule has 1 aliphatic heterocycles. The Morgan fingerprint density at radius 2 is 2.14 bits per heavy atom. The number of primary amides is 1. The topological polar surface area (TPSA) is 106 Å². The molecule has 1 unspecified atom stereocenters. The Balaban J connectivity index is 2.40. The zero-order chi connectivity index (χ0) is 15.6. The Morgan fingerprint density at radius 3 is 2.71 bits per heavy atom. The second kappa shape index (κ2) is 6.17. The number of carbonyl (C=O) groups is 1. The maximum absolute atomic E-state index is 12.7. The maximum atomic E-state index is 12.7. The van der Waals surface area contributed by atoms with Gasteiger partial charge in [-0.15, -0.1) is 0 Å². The molecule has 1 aromatic rings. The van der Waals surface area contributed by atoms with E-state index in [1.54, 1.807) is 7.05 Å². The molecule has 2 rings (SSSR count). The van der Waals surface area contributed by atoms with E-state index in [4.69, 9.17) is 5.73 Å². The summed E-state index contributed by atoms with van der Waals surface area (Å²) < 4.78 is 28.2. The van der Waals surface area contributed by atoms with Gasteiger partial charge in [0.25, 0.3) is 5.91 Å². The van der Waals surface area contributed by atoms with Gasteiger partial charge in [-0.1, -0.05) is 12.8 Å². The van der Waals surface area contributed by atoms with Crippen LogP contribution in [0.2, 0.25) is 0 Å². The van der Waals surface area contributed by atoms with E-state index in [9.17, 15) is 18.3 Å². The lowest BCUT2D eigenvalue weighted by Gasteiger charge is -2.27. The number of aliphatic hydroxyl groups excluding tert-OH is 1. The number of nitrogens with two attached hydrogens (primary N) is 1. The van der Waals surface area contributed by atoms with Crippen LogP contribution in [0, 0.1) is 0 Å². The minimum atomic E-state index is -3.74. The molecule has 1 aromatic heterocycles. The van der Waals surface area contributed by atoms with Gasteiger partial charge in [0.1, 0.15) is 10.6 Å². The third-order valence-corrected chi connectivity index (χ3v) is 5.79. The van der Waals surface area contributed by atoms with Crippen molar-refractivity contribution in [3.8, 4) is 0 Å². The number of aliphatic hydroxyl groups is 1. The number of aromatic nitrogens is 1. The first kappa shape index (κ1) is 16.0. The summed E-state index contributed by atoms with van der Waals surface area (Å²) in [5.74, 6) is -0.673. The van der Waals surface area contributed by atoms with Crippen LogP contribution < -0.4 is 5.73 Å². The van der Waals surface area contributed by atoms with Crippen LogP contribution in [-0.4, -0.2) is 47.5 Å². The summed E-state index contributed by atoms with van der Waals surface area (Å²) >= 11 is 0. The van der Waals surface area contributed by atoms with Gasteiger partial charge < -0.3 is 15.4 Å². The zero-order valence-corrected chi connectivity index (χ0v) is 12.8. The molecular formula is C13H21N3O4S. The summed E-state index contributed by atoms with van der Waals surface area (Å²) in [5, 5.41) is 9.46. The average Bonchev–Trinajstić information content (AvgIpc) is 2.68.